The molecule has 1 aromatic heterocycles. The molecule has 2 amide bonds. The fourth-order valence-corrected chi connectivity index (χ4v) is 2.83. The molecule has 0 unspecified atom stereocenters. The van der Waals surface area contributed by atoms with Crippen molar-refractivity contribution in [1.82, 2.24) is 15.8 Å². The molecule has 1 heterocycles. The van der Waals surface area contributed by atoms with Gasteiger partial charge in [0.2, 0.25) is 11.8 Å². The Morgan fingerprint density at radius 3 is 2.54 bits per heavy atom. The molecular weight excluding hydrogens is 357 g/mol. The van der Waals surface area contributed by atoms with E-state index in [0.29, 0.717) is 17.2 Å². The van der Waals surface area contributed by atoms with Crippen LogP contribution in [0.4, 0.5) is 4.39 Å². The summed E-state index contributed by atoms with van der Waals surface area (Å²) < 4.78 is 18.3. The first-order valence-corrected chi connectivity index (χ1v) is 8.89. The van der Waals surface area contributed by atoms with E-state index in [1.54, 1.807) is 18.2 Å². The van der Waals surface area contributed by atoms with Crippen LogP contribution in [0.2, 0.25) is 0 Å². The van der Waals surface area contributed by atoms with Gasteiger partial charge in [0.25, 0.3) is 5.22 Å². The van der Waals surface area contributed by atoms with Crippen LogP contribution >= 0.6 is 11.8 Å². The molecule has 0 fully saturated rings. The van der Waals surface area contributed by atoms with Crippen molar-refractivity contribution in [2.24, 2.45) is 0 Å². The number of nitrogens with zero attached hydrogens (tertiary/aromatic N) is 1. The molecule has 0 saturated heterocycles. The molecule has 8 heteroatoms. The summed E-state index contributed by atoms with van der Waals surface area (Å²) in [6.07, 6.45) is 0.643. The highest BCUT2D eigenvalue weighted by molar-refractivity contribution is 7.99. The molecular formula is C18H16FN3O3S. The van der Waals surface area contributed by atoms with Gasteiger partial charge in [-0.3, -0.25) is 20.4 Å². The summed E-state index contributed by atoms with van der Waals surface area (Å²) in [5, 5.41) is 0.393. The summed E-state index contributed by atoms with van der Waals surface area (Å²) in [5.41, 5.74) is 6.92. The molecule has 0 aliphatic heterocycles. The van der Waals surface area contributed by atoms with Crippen molar-refractivity contribution in [3.8, 4) is 0 Å². The SMILES string of the molecule is O=C(CCc1ccc(F)cc1)NNC(=O)CSc1nc2ccccc2o1. The number of hydrogen-bond acceptors (Lipinski definition) is 5. The number of halogens is 1. The number of amides is 2. The molecule has 0 aliphatic rings. The van der Waals surface area contributed by atoms with E-state index in [1.165, 1.54) is 12.1 Å². The second-order valence-corrected chi connectivity index (χ2v) is 6.39. The van der Waals surface area contributed by atoms with Gasteiger partial charge in [-0.25, -0.2) is 9.37 Å². The first-order chi connectivity index (χ1) is 12.6. The maximum Gasteiger partial charge on any atom is 0.257 e. The van der Waals surface area contributed by atoms with Crippen LogP contribution in [0.3, 0.4) is 0 Å². The number of fused-ring (bicyclic) bond motifs is 1. The molecule has 2 N–H and O–H groups in total. The van der Waals surface area contributed by atoms with Crippen LogP contribution < -0.4 is 10.9 Å². The highest BCUT2D eigenvalue weighted by Gasteiger charge is 2.10. The molecule has 3 aromatic rings. The lowest BCUT2D eigenvalue weighted by molar-refractivity contribution is -0.127. The lowest BCUT2D eigenvalue weighted by Gasteiger charge is -2.06. The summed E-state index contributed by atoms with van der Waals surface area (Å²) in [5.74, 6) is -0.950. The molecule has 0 spiro atoms. The predicted molar refractivity (Wildman–Crippen MR) is 95.7 cm³/mol. The minimum Gasteiger partial charge on any atom is -0.431 e. The third-order valence-corrected chi connectivity index (χ3v) is 4.32. The van der Waals surface area contributed by atoms with Crippen molar-refractivity contribution in [3.05, 3.63) is 59.9 Å². The first kappa shape index (κ1) is 17.9. The van der Waals surface area contributed by atoms with Crippen LogP contribution in [-0.4, -0.2) is 22.6 Å². The minimum absolute atomic E-state index is 0.0606. The maximum atomic E-state index is 12.8. The Balaban J connectivity index is 1.37. The third kappa shape index (κ3) is 5.06. The zero-order chi connectivity index (χ0) is 18.4. The minimum atomic E-state index is -0.368. The number of para-hydroxylation sites is 2. The highest BCUT2D eigenvalue weighted by atomic mass is 32.2. The molecule has 2 aromatic carbocycles. The van der Waals surface area contributed by atoms with Gasteiger partial charge < -0.3 is 4.42 Å². The highest BCUT2D eigenvalue weighted by Crippen LogP contribution is 2.22. The van der Waals surface area contributed by atoms with Crippen LogP contribution in [-0.2, 0) is 16.0 Å². The van der Waals surface area contributed by atoms with E-state index in [2.05, 4.69) is 15.8 Å². The molecule has 3 rings (SSSR count). The molecule has 0 radical (unpaired) electrons. The average molecular weight is 373 g/mol. The van der Waals surface area contributed by atoms with Crippen molar-refractivity contribution >= 4 is 34.7 Å². The second-order valence-electron chi connectivity index (χ2n) is 5.46. The largest absolute Gasteiger partial charge is 0.431 e. The first-order valence-electron chi connectivity index (χ1n) is 7.90. The smallest absolute Gasteiger partial charge is 0.257 e. The normalized spacial score (nSPS) is 10.7. The molecule has 0 aliphatic carbocycles. The summed E-state index contributed by atoms with van der Waals surface area (Å²) >= 11 is 1.14. The van der Waals surface area contributed by atoms with Gasteiger partial charge in [-0.05, 0) is 36.2 Å². The third-order valence-electron chi connectivity index (χ3n) is 3.50. The van der Waals surface area contributed by atoms with Gasteiger partial charge in [0.15, 0.2) is 5.58 Å². The topological polar surface area (TPSA) is 84.2 Å². The molecule has 0 saturated carbocycles. The lowest BCUT2D eigenvalue weighted by atomic mass is 10.1. The average Bonchev–Trinajstić information content (AvgIpc) is 3.07. The van der Waals surface area contributed by atoms with Gasteiger partial charge >= 0.3 is 0 Å². The maximum absolute atomic E-state index is 12.8. The number of rotatable bonds is 6. The fourth-order valence-electron chi connectivity index (χ4n) is 2.19. The fraction of sp³-hybridized carbons (Fsp3) is 0.167. The Bertz CT molecular complexity index is 878. The number of hydrazine groups is 1. The summed E-state index contributed by atoms with van der Waals surface area (Å²) in [7, 11) is 0. The van der Waals surface area contributed by atoms with E-state index >= 15 is 0 Å². The van der Waals surface area contributed by atoms with E-state index in [9.17, 15) is 14.0 Å². The Morgan fingerprint density at radius 2 is 1.77 bits per heavy atom. The van der Waals surface area contributed by atoms with E-state index in [-0.39, 0.29) is 29.8 Å². The van der Waals surface area contributed by atoms with Crippen LogP contribution in [0.1, 0.15) is 12.0 Å². The Hall–Kier alpha value is -2.87. The second kappa shape index (κ2) is 8.48. The van der Waals surface area contributed by atoms with Crippen LogP contribution in [0.15, 0.2) is 58.2 Å². The predicted octanol–water partition coefficient (Wildman–Crippen LogP) is 2.84. The number of carbonyl (C=O) groups is 2. The van der Waals surface area contributed by atoms with Crippen LogP contribution in [0.5, 0.6) is 0 Å². The Morgan fingerprint density at radius 1 is 1.04 bits per heavy atom. The molecule has 134 valence electrons. The van der Waals surface area contributed by atoms with Crippen molar-refractivity contribution in [2.45, 2.75) is 18.1 Å². The van der Waals surface area contributed by atoms with E-state index in [1.807, 2.05) is 18.2 Å². The number of aromatic nitrogens is 1. The van der Waals surface area contributed by atoms with Gasteiger partial charge in [0.05, 0.1) is 5.75 Å². The standard InChI is InChI=1S/C18H16FN3O3S/c19-13-8-5-12(6-9-13)7-10-16(23)21-22-17(24)11-26-18-20-14-3-1-2-4-15(14)25-18/h1-6,8-9H,7,10-11H2,(H,21,23)(H,22,24). The molecule has 0 bridgehead atoms. The van der Waals surface area contributed by atoms with Crippen molar-refractivity contribution in [2.75, 3.05) is 5.75 Å². The van der Waals surface area contributed by atoms with Crippen LogP contribution in [0.25, 0.3) is 11.1 Å². The van der Waals surface area contributed by atoms with Crippen LogP contribution in [0, 0.1) is 5.82 Å². The summed E-state index contributed by atoms with van der Waals surface area (Å²) in [6.45, 7) is 0. The van der Waals surface area contributed by atoms with Gasteiger partial charge in [0.1, 0.15) is 11.3 Å². The van der Waals surface area contributed by atoms with E-state index < -0.39 is 0 Å². The van der Waals surface area contributed by atoms with E-state index in [0.717, 1.165) is 22.8 Å². The zero-order valence-electron chi connectivity index (χ0n) is 13.7. The van der Waals surface area contributed by atoms with Crippen molar-refractivity contribution in [3.63, 3.8) is 0 Å². The van der Waals surface area contributed by atoms with Gasteiger partial charge in [-0.1, -0.05) is 36.0 Å². The number of oxazole rings is 1. The van der Waals surface area contributed by atoms with Crippen molar-refractivity contribution < 1.29 is 18.4 Å². The Kier molecular flexibility index (Phi) is 5.85. The monoisotopic (exact) mass is 373 g/mol. The number of nitrogens with one attached hydrogen (secondary N) is 2. The number of benzene rings is 2. The van der Waals surface area contributed by atoms with E-state index in [4.69, 9.17) is 4.42 Å². The van der Waals surface area contributed by atoms with Gasteiger partial charge in [-0.15, -0.1) is 0 Å². The van der Waals surface area contributed by atoms with Gasteiger partial charge in [-0.2, -0.15) is 0 Å². The summed E-state index contributed by atoms with van der Waals surface area (Å²) in [6, 6.07) is 13.3. The molecule has 26 heavy (non-hydrogen) atoms. The summed E-state index contributed by atoms with van der Waals surface area (Å²) in [4.78, 5) is 27.8. The number of carbonyl (C=O) groups excluding carboxylic acids is 2. The lowest BCUT2D eigenvalue weighted by Crippen LogP contribution is -2.42. The van der Waals surface area contributed by atoms with Crippen molar-refractivity contribution in [1.29, 1.82) is 0 Å². The number of hydrogen-bond donors (Lipinski definition) is 2. The number of thioether (sulfide) groups is 1. The Labute approximate surface area is 153 Å². The molecule has 6 nitrogen and oxygen atoms in total. The molecule has 0 atom stereocenters. The quantitative estimate of drug-likeness (QED) is 0.513. The zero-order valence-corrected chi connectivity index (χ0v) is 14.5. The van der Waals surface area contributed by atoms with Gasteiger partial charge in [0, 0.05) is 6.42 Å². The number of aryl methyl sites for hydroxylation is 1.